The molecule has 1 heterocycles. The predicted octanol–water partition coefficient (Wildman–Crippen LogP) is 5.33. The standard InChI is InChI=1S/C23H21N5O/c1-17-7-9-18(10-8-17)15-24-22-16-25-28-23(27-22)26-19-11-13-21(14-12-19)29-20-5-3-2-4-6-20/h2-14,16H,15H2,1H3,(H2,24,26,27,28). The Kier molecular flexibility index (Phi) is 5.62. The fourth-order valence-corrected chi connectivity index (χ4v) is 2.70. The molecule has 0 amide bonds. The van der Waals surface area contributed by atoms with Crippen molar-refractivity contribution in [3.63, 3.8) is 0 Å². The van der Waals surface area contributed by atoms with E-state index in [0.29, 0.717) is 18.3 Å². The molecule has 0 spiro atoms. The summed E-state index contributed by atoms with van der Waals surface area (Å²) in [5.74, 6) is 2.64. The van der Waals surface area contributed by atoms with Crippen LogP contribution in [0.25, 0.3) is 0 Å². The number of benzene rings is 3. The molecule has 0 radical (unpaired) electrons. The summed E-state index contributed by atoms with van der Waals surface area (Å²) in [5, 5.41) is 14.5. The average molecular weight is 383 g/mol. The van der Waals surface area contributed by atoms with E-state index < -0.39 is 0 Å². The van der Waals surface area contributed by atoms with Crippen LogP contribution in [0, 0.1) is 6.92 Å². The highest BCUT2D eigenvalue weighted by Crippen LogP contribution is 2.23. The van der Waals surface area contributed by atoms with E-state index in [0.717, 1.165) is 17.2 Å². The van der Waals surface area contributed by atoms with E-state index in [1.165, 1.54) is 11.1 Å². The van der Waals surface area contributed by atoms with Gasteiger partial charge >= 0.3 is 0 Å². The van der Waals surface area contributed by atoms with E-state index in [9.17, 15) is 0 Å². The molecule has 0 atom stereocenters. The van der Waals surface area contributed by atoms with E-state index in [-0.39, 0.29) is 0 Å². The number of aryl methyl sites for hydroxylation is 1. The van der Waals surface area contributed by atoms with Crippen LogP contribution in [0.5, 0.6) is 11.5 Å². The van der Waals surface area contributed by atoms with Crippen LogP contribution < -0.4 is 15.4 Å². The monoisotopic (exact) mass is 383 g/mol. The van der Waals surface area contributed by atoms with Crippen molar-refractivity contribution < 1.29 is 4.74 Å². The Morgan fingerprint density at radius 3 is 2.31 bits per heavy atom. The van der Waals surface area contributed by atoms with Crippen molar-refractivity contribution in [2.24, 2.45) is 0 Å². The molecule has 144 valence electrons. The summed E-state index contributed by atoms with van der Waals surface area (Å²) >= 11 is 0. The van der Waals surface area contributed by atoms with Crippen molar-refractivity contribution in [3.8, 4) is 11.5 Å². The molecule has 6 heteroatoms. The Hall–Kier alpha value is -3.93. The fourth-order valence-electron chi connectivity index (χ4n) is 2.70. The minimum absolute atomic E-state index is 0.427. The van der Waals surface area contributed by atoms with Gasteiger partial charge in [-0.3, -0.25) is 0 Å². The van der Waals surface area contributed by atoms with Crippen molar-refractivity contribution in [3.05, 3.63) is 96.2 Å². The summed E-state index contributed by atoms with van der Waals surface area (Å²) in [5.41, 5.74) is 3.27. The van der Waals surface area contributed by atoms with Crippen molar-refractivity contribution in [1.29, 1.82) is 0 Å². The van der Waals surface area contributed by atoms with Crippen molar-refractivity contribution in [1.82, 2.24) is 15.2 Å². The maximum atomic E-state index is 5.80. The Balaban J connectivity index is 1.36. The number of nitrogens with one attached hydrogen (secondary N) is 2. The van der Waals surface area contributed by atoms with E-state index in [4.69, 9.17) is 4.74 Å². The molecule has 0 aliphatic heterocycles. The highest BCUT2D eigenvalue weighted by Gasteiger charge is 2.03. The van der Waals surface area contributed by atoms with E-state index in [1.807, 2.05) is 54.6 Å². The van der Waals surface area contributed by atoms with Crippen LogP contribution in [-0.2, 0) is 6.54 Å². The first-order valence-electron chi connectivity index (χ1n) is 9.34. The lowest BCUT2D eigenvalue weighted by Gasteiger charge is -2.09. The summed E-state index contributed by atoms with van der Waals surface area (Å²) in [6.45, 7) is 2.74. The molecule has 0 unspecified atom stereocenters. The first-order chi connectivity index (χ1) is 14.2. The molecule has 4 rings (SSSR count). The van der Waals surface area contributed by atoms with Crippen molar-refractivity contribution >= 4 is 17.5 Å². The van der Waals surface area contributed by atoms with Gasteiger partial charge in [0.2, 0.25) is 5.95 Å². The lowest BCUT2D eigenvalue weighted by atomic mass is 10.1. The SMILES string of the molecule is Cc1ccc(CNc2cnnc(Nc3ccc(Oc4ccccc4)cc3)n2)cc1. The molecular weight excluding hydrogens is 362 g/mol. The number of para-hydroxylation sites is 1. The number of hydrogen-bond acceptors (Lipinski definition) is 6. The zero-order chi connectivity index (χ0) is 19.9. The first kappa shape index (κ1) is 18.4. The predicted molar refractivity (Wildman–Crippen MR) is 115 cm³/mol. The Labute approximate surface area is 169 Å². The second-order valence-electron chi connectivity index (χ2n) is 6.57. The quantitative estimate of drug-likeness (QED) is 0.449. The molecule has 4 aromatic rings. The van der Waals surface area contributed by atoms with Crippen molar-refractivity contribution in [2.45, 2.75) is 13.5 Å². The molecular formula is C23H21N5O. The number of rotatable bonds is 7. The summed E-state index contributed by atoms with van der Waals surface area (Å²) in [4.78, 5) is 4.46. The van der Waals surface area contributed by atoms with Gasteiger partial charge < -0.3 is 15.4 Å². The number of anilines is 3. The van der Waals surface area contributed by atoms with Gasteiger partial charge in [0.05, 0.1) is 6.20 Å². The average Bonchev–Trinajstić information content (AvgIpc) is 2.76. The molecule has 0 aliphatic carbocycles. The van der Waals surface area contributed by atoms with Gasteiger partial charge in [0.15, 0.2) is 5.82 Å². The lowest BCUT2D eigenvalue weighted by molar-refractivity contribution is 0.483. The number of ether oxygens (including phenoxy) is 1. The van der Waals surface area contributed by atoms with E-state index in [2.05, 4.69) is 57.0 Å². The largest absolute Gasteiger partial charge is 0.457 e. The third-order valence-electron chi connectivity index (χ3n) is 4.24. The van der Waals surface area contributed by atoms with Gasteiger partial charge in [0.25, 0.3) is 0 Å². The highest BCUT2D eigenvalue weighted by molar-refractivity contribution is 5.55. The van der Waals surface area contributed by atoms with Crippen LogP contribution in [0.15, 0.2) is 85.1 Å². The minimum atomic E-state index is 0.427. The summed E-state index contributed by atoms with van der Waals surface area (Å²) in [6.07, 6.45) is 1.61. The summed E-state index contributed by atoms with van der Waals surface area (Å²) in [6, 6.07) is 25.6. The zero-order valence-corrected chi connectivity index (χ0v) is 16.0. The number of aromatic nitrogens is 3. The summed E-state index contributed by atoms with van der Waals surface area (Å²) < 4.78 is 5.80. The van der Waals surface area contributed by atoms with Crippen LogP contribution >= 0.6 is 0 Å². The number of hydrogen-bond donors (Lipinski definition) is 2. The van der Waals surface area contributed by atoms with Gasteiger partial charge in [-0.25, -0.2) is 0 Å². The van der Waals surface area contributed by atoms with Crippen LogP contribution in [0.1, 0.15) is 11.1 Å². The fraction of sp³-hybridized carbons (Fsp3) is 0.0870. The molecule has 0 saturated heterocycles. The van der Waals surface area contributed by atoms with Gasteiger partial charge in [0, 0.05) is 12.2 Å². The minimum Gasteiger partial charge on any atom is -0.457 e. The normalized spacial score (nSPS) is 10.4. The van der Waals surface area contributed by atoms with Crippen molar-refractivity contribution in [2.75, 3.05) is 10.6 Å². The Morgan fingerprint density at radius 1 is 0.828 bits per heavy atom. The number of nitrogens with zero attached hydrogens (tertiary/aromatic N) is 3. The maximum Gasteiger partial charge on any atom is 0.249 e. The molecule has 0 aliphatic rings. The van der Waals surface area contributed by atoms with Gasteiger partial charge in [-0.1, -0.05) is 48.0 Å². The zero-order valence-electron chi connectivity index (χ0n) is 16.0. The van der Waals surface area contributed by atoms with Gasteiger partial charge in [-0.05, 0) is 48.9 Å². The lowest BCUT2D eigenvalue weighted by Crippen LogP contribution is -2.05. The van der Waals surface area contributed by atoms with Crippen LogP contribution in [-0.4, -0.2) is 15.2 Å². The third kappa shape index (κ3) is 5.29. The Bertz CT molecular complexity index is 1050. The molecule has 3 aromatic carbocycles. The van der Waals surface area contributed by atoms with Gasteiger partial charge in [-0.15, -0.1) is 5.10 Å². The topological polar surface area (TPSA) is 72.0 Å². The molecule has 0 fully saturated rings. The molecule has 0 bridgehead atoms. The highest BCUT2D eigenvalue weighted by atomic mass is 16.5. The molecule has 0 saturated carbocycles. The third-order valence-corrected chi connectivity index (χ3v) is 4.24. The van der Waals surface area contributed by atoms with Gasteiger partial charge in [0.1, 0.15) is 11.5 Å². The molecule has 2 N–H and O–H groups in total. The second-order valence-corrected chi connectivity index (χ2v) is 6.57. The van der Waals surface area contributed by atoms with Crippen LogP contribution in [0.4, 0.5) is 17.5 Å². The van der Waals surface area contributed by atoms with Gasteiger partial charge in [-0.2, -0.15) is 10.1 Å². The Morgan fingerprint density at radius 2 is 1.55 bits per heavy atom. The molecule has 29 heavy (non-hydrogen) atoms. The maximum absolute atomic E-state index is 5.80. The second kappa shape index (κ2) is 8.84. The smallest absolute Gasteiger partial charge is 0.249 e. The van der Waals surface area contributed by atoms with Crippen LogP contribution in [0.2, 0.25) is 0 Å². The molecule has 1 aromatic heterocycles. The van der Waals surface area contributed by atoms with E-state index >= 15 is 0 Å². The van der Waals surface area contributed by atoms with E-state index in [1.54, 1.807) is 6.20 Å². The first-order valence-corrected chi connectivity index (χ1v) is 9.34. The summed E-state index contributed by atoms with van der Waals surface area (Å²) in [7, 11) is 0. The van der Waals surface area contributed by atoms with Crippen LogP contribution in [0.3, 0.4) is 0 Å². The molecule has 6 nitrogen and oxygen atoms in total.